The summed E-state index contributed by atoms with van der Waals surface area (Å²) in [5.74, 6) is 0.595. The monoisotopic (exact) mass is 285 g/mol. The lowest BCUT2D eigenvalue weighted by Gasteiger charge is -2.02. The van der Waals surface area contributed by atoms with Crippen LogP contribution in [0.4, 0.5) is 0 Å². The summed E-state index contributed by atoms with van der Waals surface area (Å²) in [7, 11) is 0. The summed E-state index contributed by atoms with van der Waals surface area (Å²) in [4.78, 5) is 11.5. The Balaban J connectivity index is 2.06. The molecule has 0 fully saturated rings. The quantitative estimate of drug-likeness (QED) is 0.847. The lowest BCUT2D eigenvalue weighted by Crippen LogP contribution is -2.17. The van der Waals surface area contributed by atoms with Crippen molar-refractivity contribution in [1.82, 2.24) is 25.0 Å². The molecule has 0 saturated heterocycles. The van der Waals surface area contributed by atoms with Crippen molar-refractivity contribution in [3.05, 3.63) is 33.5 Å². The van der Waals surface area contributed by atoms with E-state index in [1.54, 1.807) is 16.7 Å². The number of rotatable bonds is 5. The van der Waals surface area contributed by atoms with Crippen molar-refractivity contribution in [2.24, 2.45) is 0 Å². The summed E-state index contributed by atoms with van der Waals surface area (Å²) >= 11 is 7.10. The topological polar surface area (TPSA) is 76.5 Å². The van der Waals surface area contributed by atoms with Gasteiger partial charge in [0.05, 0.1) is 5.69 Å². The molecule has 0 aliphatic heterocycles. The second-order valence-corrected chi connectivity index (χ2v) is 4.93. The van der Waals surface area contributed by atoms with Crippen LogP contribution >= 0.6 is 23.4 Å². The number of aromatic nitrogens is 5. The number of thioether (sulfide) groups is 1. The van der Waals surface area contributed by atoms with Gasteiger partial charge in [0.15, 0.2) is 10.3 Å². The smallest absolute Gasteiger partial charge is 0.270 e. The Morgan fingerprint density at radius 2 is 2.28 bits per heavy atom. The molecular formula is C10H12ClN5OS. The van der Waals surface area contributed by atoms with Crippen LogP contribution in [0.2, 0.25) is 5.15 Å². The van der Waals surface area contributed by atoms with Gasteiger partial charge in [-0.2, -0.15) is 5.10 Å². The van der Waals surface area contributed by atoms with Gasteiger partial charge < -0.3 is 0 Å². The van der Waals surface area contributed by atoms with Gasteiger partial charge in [-0.25, -0.2) is 9.89 Å². The third kappa shape index (κ3) is 3.11. The predicted molar refractivity (Wildman–Crippen MR) is 69.7 cm³/mol. The molecule has 6 nitrogen and oxygen atoms in total. The third-order valence-corrected chi connectivity index (χ3v) is 3.42. The average molecular weight is 286 g/mol. The molecule has 0 amide bonds. The van der Waals surface area contributed by atoms with Crippen molar-refractivity contribution >= 4 is 23.4 Å². The molecule has 96 valence electrons. The maximum Gasteiger partial charge on any atom is 0.343 e. The van der Waals surface area contributed by atoms with Gasteiger partial charge in [-0.3, -0.25) is 4.57 Å². The number of hydrogen-bond acceptors (Lipinski definition) is 5. The Kier molecular flexibility index (Phi) is 4.38. The highest BCUT2D eigenvalue weighted by molar-refractivity contribution is 7.98. The van der Waals surface area contributed by atoms with Crippen LogP contribution in [0.1, 0.15) is 19.0 Å². The van der Waals surface area contributed by atoms with Crippen LogP contribution in [0.5, 0.6) is 0 Å². The second-order valence-electron chi connectivity index (χ2n) is 3.60. The van der Waals surface area contributed by atoms with Crippen LogP contribution in [0.25, 0.3) is 0 Å². The Hall–Kier alpha value is -1.34. The number of nitrogens with one attached hydrogen (secondary N) is 1. The lowest BCUT2D eigenvalue weighted by atomic mass is 10.4. The van der Waals surface area contributed by atoms with E-state index < -0.39 is 0 Å². The zero-order valence-electron chi connectivity index (χ0n) is 9.76. The van der Waals surface area contributed by atoms with E-state index in [1.165, 1.54) is 11.8 Å². The molecule has 0 aliphatic rings. The zero-order valence-corrected chi connectivity index (χ0v) is 11.3. The summed E-state index contributed by atoms with van der Waals surface area (Å²) in [5, 5.41) is 15.2. The zero-order chi connectivity index (χ0) is 13.0. The molecule has 0 aliphatic carbocycles. The van der Waals surface area contributed by atoms with E-state index in [1.807, 2.05) is 6.92 Å². The van der Waals surface area contributed by atoms with Crippen molar-refractivity contribution in [3.63, 3.8) is 0 Å². The fourth-order valence-electron chi connectivity index (χ4n) is 1.39. The molecule has 2 aromatic rings. The van der Waals surface area contributed by atoms with Gasteiger partial charge in [-0.15, -0.1) is 10.2 Å². The number of nitrogens with zero attached hydrogens (tertiary/aromatic N) is 4. The van der Waals surface area contributed by atoms with Crippen LogP contribution in [0, 0.1) is 0 Å². The number of hydrogen-bond donors (Lipinski definition) is 1. The Morgan fingerprint density at radius 3 is 2.94 bits per heavy atom. The first-order chi connectivity index (χ1) is 8.70. The van der Waals surface area contributed by atoms with Crippen molar-refractivity contribution in [3.8, 4) is 0 Å². The van der Waals surface area contributed by atoms with Crippen LogP contribution < -0.4 is 5.69 Å². The molecule has 0 atom stereocenters. The van der Waals surface area contributed by atoms with E-state index in [0.717, 1.165) is 12.1 Å². The summed E-state index contributed by atoms with van der Waals surface area (Å²) in [5.41, 5.74) is 0.615. The second kappa shape index (κ2) is 6.01. The highest BCUT2D eigenvalue weighted by Gasteiger charge is 2.08. The molecule has 18 heavy (non-hydrogen) atoms. The van der Waals surface area contributed by atoms with Crippen LogP contribution in [0.15, 0.2) is 22.1 Å². The standard InChI is InChI=1S/C10H12ClN5OS/c1-2-5-16-9(17)14-15-10(16)18-6-7-3-4-8(11)13-12-7/h3-4H,2,5-6H2,1H3,(H,14,17). The van der Waals surface area contributed by atoms with Crippen molar-refractivity contribution in [2.75, 3.05) is 0 Å². The molecule has 0 unspecified atom stereocenters. The molecule has 8 heteroatoms. The molecule has 2 aromatic heterocycles. The number of aromatic amines is 1. The minimum absolute atomic E-state index is 0.179. The highest BCUT2D eigenvalue weighted by atomic mass is 35.5. The predicted octanol–water partition coefficient (Wildman–Crippen LogP) is 1.72. The fourth-order valence-corrected chi connectivity index (χ4v) is 2.37. The van der Waals surface area contributed by atoms with Gasteiger partial charge in [-0.1, -0.05) is 30.3 Å². The van der Waals surface area contributed by atoms with Gasteiger partial charge in [0.25, 0.3) is 0 Å². The molecule has 1 N–H and O–H groups in total. The highest BCUT2D eigenvalue weighted by Crippen LogP contribution is 2.18. The third-order valence-electron chi connectivity index (χ3n) is 2.21. The maximum absolute atomic E-state index is 11.5. The first kappa shape index (κ1) is 13.1. The van der Waals surface area contributed by atoms with Crippen LogP contribution in [-0.4, -0.2) is 25.0 Å². The molecule has 2 rings (SSSR count). The molecule has 0 spiro atoms. The minimum atomic E-state index is -0.179. The van der Waals surface area contributed by atoms with E-state index in [4.69, 9.17) is 11.6 Å². The van der Waals surface area contributed by atoms with E-state index in [0.29, 0.717) is 22.6 Å². The largest absolute Gasteiger partial charge is 0.343 e. The SMILES string of the molecule is CCCn1c(SCc2ccc(Cl)nn2)n[nH]c1=O. The Labute approximate surface area is 113 Å². The molecular weight excluding hydrogens is 274 g/mol. The van der Waals surface area contributed by atoms with Crippen LogP contribution in [0.3, 0.4) is 0 Å². The maximum atomic E-state index is 11.5. The summed E-state index contributed by atoms with van der Waals surface area (Å²) < 4.78 is 1.62. The summed E-state index contributed by atoms with van der Waals surface area (Å²) in [6.07, 6.45) is 0.883. The first-order valence-corrected chi connectivity index (χ1v) is 6.83. The number of halogens is 1. The van der Waals surface area contributed by atoms with Gasteiger partial charge in [-0.05, 0) is 18.6 Å². The van der Waals surface area contributed by atoms with Gasteiger partial charge in [0, 0.05) is 12.3 Å². The van der Waals surface area contributed by atoms with Gasteiger partial charge >= 0.3 is 5.69 Å². The van der Waals surface area contributed by atoms with E-state index in [9.17, 15) is 4.79 Å². The van der Waals surface area contributed by atoms with E-state index in [2.05, 4.69) is 20.4 Å². The molecule has 0 radical (unpaired) electrons. The lowest BCUT2D eigenvalue weighted by molar-refractivity contribution is 0.603. The normalized spacial score (nSPS) is 10.8. The molecule has 0 bridgehead atoms. The van der Waals surface area contributed by atoms with E-state index >= 15 is 0 Å². The van der Waals surface area contributed by atoms with Crippen molar-refractivity contribution < 1.29 is 0 Å². The summed E-state index contributed by atoms with van der Waals surface area (Å²) in [6, 6.07) is 3.49. The molecule has 0 aromatic carbocycles. The Bertz CT molecular complexity index is 564. The molecule has 0 saturated carbocycles. The number of H-pyrrole nitrogens is 1. The fraction of sp³-hybridized carbons (Fsp3) is 0.400. The van der Waals surface area contributed by atoms with Crippen molar-refractivity contribution in [1.29, 1.82) is 0 Å². The van der Waals surface area contributed by atoms with Crippen LogP contribution in [-0.2, 0) is 12.3 Å². The van der Waals surface area contributed by atoms with Gasteiger partial charge in [0.1, 0.15) is 0 Å². The van der Waals surface area contributed by atoms with Gasteiger partial charge in [0.2, 0.25) is 0 Å². The average Bonchev–Trinajstić information content (AvgIpc) is 2.71. The van der Waals surface area contributed by atoms with E-state index in [-0.39, 0.29) is 5.69 Å². The molecule has 2 heterocycles. The van der Waals surface area contributed by atoms with Crippen molar-refractivity contribution in [2.45, 2.75) is 30.8 Å². The Morgan fingerprint density at radius 1 is 1.44 bits per heavy atom. The minimum Gasteiger partial charge on any atom is -0.270 e. The first-order valence-electron chi connectivity index (χ1n) is 5.47. The summed E-state index contributed by atoms with van der Waals surface area (Å²) in [6.45, 7) is 2.67.